The molecule has 0 spiro atoms. The smallest absolute Gasteiger partial charge is 0.183 e. The zero-order chi connectivity index (χ0) is 11.9. The van der Waals surface area contributed by atoms with E-state index in [2.05, 4.69) is 32.2 Å². The SMILES string of the molecule is CC1(c2nc3ncnc(N)c3[nH]2)CCCNC1. The molecule has 3 rings (SSSR count). The van der Waals surface area contributed by atoms with Crippen molar-refractivity contribution < 1.29 is 0 Å². The zero-order valence-electron chi connectivity index (χ0n) is 9.82. The van der Waals surface area contributed by atoms with Crippen LogP contribution in [0.1, 0.15) is 25.6 Å². The van der Waals surface area contributed by atoms with E-state index in [1.54, 1.807) is 0 Å². The lowest BCUT2D eigenvalue weighted by atomic mass is 9.82. The molecule has 4 N–H and O–H groups in total. The lowest BCUT2D eigenvalue weighted by Gasteiger charge is -2.32. The molecule has 1 aliphatic rings. The molecule has 1 aliphatic heterocycles. The van der Waals surface area contributed by atoms with E-state index in [9.17, 15) is 0 Å². The molecule has 17 heavy (non-hydrogen) atoms. The highest BCUT2D eigenvalue weighted by Crippen LogP contribution is 2.30. The Labute approximate surface area is 99.1 Å². The summed E-state index contributed by atoms with van der Waals surface area (Å²) in [5.74, 6) is 1.41. The Morgan fingerprint density at radius 3 is 3.00 bits per heavy atom. The first-order valence-corrected chi connectivity index (χ1v) is 5.86. The summed E-state index contributed by atoms with van der Waals surface area (Å²) in [7, 11) is 0. The highest BCUT2D eigenvalue weighted by Gasteiger charge is 2.32. The third kappa shape index (κ3) is 1.64. The Morgan fingerprint density at radius 2 is 2.29 bits per heavy atom. The average Bonchev–Trinajstić information content (AvgIpc) is 2.76. The van der Waals surface area contributed by atoms with Crippen LogP contribution in [0, 0.1) is 0 Å². The normalized spacial score (nSPS) is 25.2. The van der Waals surface area contributed by atoms with Crippen LogP contribution in [0.3, 0.4) is 0 Å². The largest absolute Gasteiger partial charge is 0.382 e. The fraction of sp³-hybridized carbons (Fsp3) is 0.545. The maximum Gasteiger partial charge on any atom is 0.183 e. The van der Waals surface area contributed by atoms with Crippen molar-refractivity contribution >= 4 is 17.0 Å². The Bertz CT molecular complexity index is 540. The van der Waals surface area contributed by atoms with Crippen molar-refractivity contribution in [3.05, 3.63) is 12.2 Å². The molecule has 2 aromatic rings. The summed E-state index contributed by atoms with van der Waals surface area (Å²) >= 11 is 0. The molecule has 1 atom stereocenters. The molecule has 6 nitrogen and oxygen atoms in total. The van der Waals surface area contributed by atoms with Gasteiger partial charge in [-0.2, -0.15) is 0 Å². The number of anilines is 1. The van der Waals surface area contributed by atoms with Crippen LogP contribution in [0.5, 0.6) is 0 Å². The number of rotatable bonds is 1. The summed E-state index contributed by atoms with van der Waals surface area (Å²) in [6.45, 7) is 4.22. The van der Waals surface area contributed by atoms with E-state index in [4.69, 9.17) is 5.73 Å². The molecule has 2 aromatic heterocycles. The standard InChI is InChI=1S/C11H16N6/c1-11(3-2-4-13-5-11)10-16-7-8(12)14-6-15-9(7)17-10/h6,13H,2-5H2,1H3,(H3,12,14,15,16,17). The van der Waals surface area contributed by atoms with Gasteiger partial charge in [-0.25, -0.2) is 15.0 Å². The number of hydrogen-bond acceptors (Lipinski definition) is 5. The van der Waals surface area contributed by atoms with Crippen molar-refractivity contribution in [2.24, 2.45) is 0 Å². The first-order chi connectivity index (χ1) is 8.19. The van der Waals surface area contributed by atoms with Gasteiger partial charge in [0.25, 0.3) is 0 Å². The van der Waals surface area contributed by atoms with E-state index in [0.717, 1.165) is 37.3 Å². The first-order valence-electron chi connectivity index (χ1n) is 5.86. The van der Waals surface area contributed by atoms with Gasteiger partial charge in [-0.15, -0.1) is 0 Å². The van der Waals surface area contributed by atoms with Crippen LogP contribution in [0.15, 0.2) is 6.33 Å². The molecule has 1 unspecified atom stereocenters. The van der Waals surface area contributed by atoms with Crippen molar-refractivity contribution in [1.82, 2.24) is 25.3 Å². The number of aromatic nitrogens is 4. The molecular formula is C11H16N6. The van der Waals surface area contributed by atoms with Crippen molar-refractivity contribution in [1.29, 1.82) is 0 Å². The number of nitrogens with one attached hydrogen (secondary N) is 2. The van der Waals surface area contributed by atoms with Crippen LogP contribution < -0.4 is 11.1 Å². The quantitative estimate of drug-likeness (QED) is 0.668. The van der Waals surface area contributed by atoms with Gasteiger partial charge in [0, 0.05) is 12.0 Å². The van der Waals surface area contributed by atoms with Gasteiger partial charge in [-0.05, 0) is 19.4 Å². The van der Waals surface area contributed by atoms with Crippen LogP contribution in [0.25, 0.3) is 11.2 Å². The summed E-state index contributed by atoms with van der Waals surface area (Å²) in [6, 6.07) is 0. The molecule has 0 amide bonds. The lowest BCUT2D eigenvalue weighted by Crippen LogP contribution is -2.41. The summed E-state index contributed by atoms with van der Waals surface area (Å²) < 4.78 is 0. The highest BCUT2D eigenvalue weighted by atomic mass is 15.1. The summed E-state index contributed by atoms with van der Waals surface area (Å²) in [4.78, 5) is 15.9. The van der Waals surface area contributed by atoms with Crippen molar-refractivity contribution in [3.63, 3.8) is 0 Å². The third-order valence-electron chi connectivity index (χ3n) is 3.49. The zero-order valence-corrected chi connectivity index (χ0v) is 9.82. The minimum Gasteiger partial charge on any atom is -0.382 e. The highest BCUT2D eigenvalue weighted by molar-refractivity contribution is 5.81. The van der Waals surface area contributed by atoms with Crippen LogP contribution in [0.2, 0.25) is 0 Å². The molecule has 6 heteroatoms. The van der Waals surface area contributed by atoms with Crippen molar-refractivity contribution in [2.75, 3.05) is 18.8 Å². The monoisotopic (exact) mass is 232 g/mol. The number of H-pyrrole nitrogens is 1. The second kappa shape index (κ2) is 3.66. The fourth-order valence-corrected chi connectivity index (χ4v) is 2.39. The molecule has 0 saturated carbocycles. The second-order valence-corrected chi connectivity index (χ2v) is 4.88. The summed E-state index contributed by atoms with van der Waals surface area (Å²) in [5.41, 5.74) is 7.23. The predicted octanol–water partition coefficient (Wildman–Crippen LogP) is 0.576. The van der Waals surface area contributed by atoms with Crippen LogP contribution in [-0.4, -0.2) is 33.0 Å². The molecular weight excluding hydrogens is 216 g/mol. The molecule has 3 heterocycles. The van der Waals surface area contributed by atoms with Gasteiger partial charge in [0.15, 0.2) is 11.5 Å². The van der Waals surface area contributed by atoms with E-state index in [-0.39, 0.29) is 5.41 Å². The van der Waals surface area contributed by atoms with Gasteiger partial charge in [0.05, 0.1) is 0 Å². The van der Waals surface area contributed by atoms with Gasteiger partial charge in [-0.1, -0.05) is 6.92 Å². The van der Waals surface area contributed by atoms with E-state index in [1.807, 2.05) is 0 Å². The Hall–Kier alpha value is -1.69. The van der Waals surface area contributed by atoms with Gasteiger partial charge in [0.1, 0.15) is 17.7 Å². The fourth-order valence-electron chi connectivity index (χ4n) is 2.39. The van der Waals surface area contributed by atoms with E-state index >= 15 is 0 Å². The Balaban J connectivity index is 2.08. The summed E-state index contributed by atoms with van der Waals surface area (Å²) in [6.07, 6.45) is 3.73. The third-order valence-corrected chi connectivity index (χ3v) is 3.49. The first kappa shape index (κ1) is 10.5. The number of fused-ring (bicyclic) bond motifs is 1. The number of piperidine rings is 1. The second-order valence-electron chi connectivity index (χ2n) is 4.88. The average molecular weight is 232 g/mol. The van der Waals surface area contributed by atoms with Gasteiger partial charge in [-0.3, -0.25) is 0 Å². The van der Waals surface area contributed by atoms with Crippen LogP contribution in [-0.2, 0) is 5.41 Å². The topological polar surface area (TPSA) is 92.5 Å². The molecule has 0 radical (unpaired) electrons. The molecule has 90 valence electrons. The number of hydrogen-bond donors (Lipinski definition) is 3. The number of nitrogens with zero attached hydrogens (tertiary/aromatic N) is 3. The Kier molecular flexibility index (Phi) is 2.25. The van der Waals surface area contributed by atoms with E-state index in [1.165, 1.54) is 6.33 Å². The number of nitrogen functional groups attached to an aromatic ring is 1. The predicted molar refractivity (Wildman–Crippen MR) is 65.6 cm³/mol. The van der Waals surface area contributed by atoms with E-state index in [0.29, 0.717) is 11.5 Å². The minimum absolute atomic E-state index is 0.0331. The molecule has 1 saturated heterocycles. The maximum atomic E-state index is 5.80. The molecule has 0 aromatic carbocycles. The van der Waals surface area contributed by atoms with Crippen LogP contribution in [0.4, 0.5) is 5.82 Å². The van der Waals surface area contributed by atoms with Gasteiger partial charge in [0.2, 0.25) is 0 Å². The molecule has 0 aliphatic carbocycles. The number of nitrogens with two attached hydrogens (primary N) is 1. The van der Waals surface area contributed by atoms with Crippen molar-refractivity contribution in [3.8, 4) is 0 Å². The summed E-state index contributed by atoms with van der Waals surface area (Å²) in [5, 5.41) is 3.41. The lowest BCUT2D eigenvalue weighted by molar-refractivity contribution is 0.326. The number of aromatic amines is 1. The van der Waals surface area contributed by atoms with Crippen LogP contribution >= 0.6 is 0 Å². The van der Waals surface area contributed by atoms with Gasteiger partial charge >= 0.3 is 0 Å². The van der Waals surface area contributed by atoms with E-state index < -0.39 is 0 Å². The minimum atomic E-state index is 0.0331. The maximum absolute atomic E-state index is 5.80. The molecule has 0 bridgehead atoms. The Morgan fingerprint density at radius 1 is 1.41 bits per heavy atom. The number of imidazole rings is 1. The van der Waals surface area contributed by atoms with Gasteiger partial charge < -0.3 is 16.0 Å². The van der Waals surface area contributed by atoms with Crippen molar-refractivity contribution in [2.45, 2.75) is 25.2 Å². The molecule has 1 fully saturated rings.